The Morgan fingerprint density at radius 2 is 1.94 bits per heavy atom. The summed E-state index contributed by atoms with van der Waals surface area (Å²) in [5.41, 5.74) is 0.534. The Bertz CT molecular complexity index is 910. The molecule has 2 aromatic heterocycles. The molecule has 5 rings (SSSR count). The Balaban J connectivity index is 1.26. The van der Waals surface area contributed by atoms with Gasteiger partial charge < -0.3 is 10.1 Å². The Labute approximate surface area is 201 Å². The first kappa shape index (κ1) is 23.3. The molecule has 3 aliphatic rings. The summed E-state index contributed by atoms with van der Waals surface area (Å²) < 4.78 is 8.08. The van der Waals surface area contributed by atoms with Crippen LogP contribution in [0.5, 0.6) is 5.88 Å². The van der Waals surface area contributed by atoms with Gasteiger partial charge in [-0.05, 0) is 62.7 Å². The number of carbonyl (C=O) groups is 1. The van der Waals surface area contributed by atoms with Gasteiger partial charge in [-0.3, -0.25) is 4.79 Å². The van der Waals surface area contributed by atoms with Crippen molar-refractivity contribution in [3.63, 3.8) is 0 Å². The van der Waals surface area contributed by atoms with Gasteiger partial charge in [-0.2, -0.15) is 10.3 Å². The Morgan fingerprint density at radius 1 is 1.15 bits per heavy atom. The minimum absolute atomic E-state index is 0.0762. The maximum absolute atomic E-state index is 13.4. The van der Waals surface area contributed by atoms with Gasteiger partial charge in [0.05, 0.1) is 19.3 Å². The fourth-order valence-corrected chi connectivity index (χ4v) is 6.48. The van der Waals surface area contributed by atoms with E-state index in [2.05, 4.69) is 38.0 Å². The molecule has 0 aliphatic heterocycles. The lowest BCUT2D eigenvalue weighted by molar-refractivity contribution is 0.0848. The Hall–Kier alpha value is -2.45. The highest BCUT2D eigenvalue weighted by Gasteiger charge is 2.35. The first-order valence-electron chi connectivity index (χ1n) is 13.4. The molecule has 9 nitrogen and oxygen atoms in total. The zero-order valence-corrected chi connectivity index (χ0v) is 20.4. The van der Waals surface area contributed by atoms with Crippen LogP contribution in [0.15, 0.2) is 6.20 Å². The summed E-state index contributed by atoms with van der Waals surface area (Å²) >= 11 is 0. The monoisotopic (exact) mass is 469 g/mol. The number of nitrogens with zero attached hydrogens (tertiary/aromatic N) is 5. The highest BCUT2D eigenvalue weighted by Crippen LogP contribution is 2.43. The van der Waals surface area contributed by atoms with Crippen LogP contribution in [0.25, 0.3) is 0 Å². The third kappa shape index (κ3) is 5.61. The van der Waals surface area contributed by atoms with Crippen LogP contribution in [-0.4, -0.2) is 49.0 Å². The number of tetrazole rings is 1. The second kappa shape index (κ2) is 10.9. The normalized spacial score (nSPS) is 26.2. The number of carbonyl (C=O) groups excluding carboxylic acids is 1. The summed E-state index contributed by atoms with van der Waals surface area (Å²) in [5, 5.41) is 22.0. The molecule has 0 spiro atoms. The fourth-order valence-electron chi connectivity index (χ4n) is 6.48. The molecule has 3 saturated carbocycles. The number of aryl methyl sites for hydroxylation is 2. The SMILES string of the molecule is CC(NC(=O)c1cnn(CCc2nn[nH]n2)c1OCC1CCCCC1)C1CC2CCCC(C2)C1. The van der Waals surface area contributed by atoms with E-state index in [-0.39, 0.29) is 11.9 Å². The molecule has 2 N–H and O–H groups in total. The number of aromatic nitrogens is 6. The number of hydrogen-bond donors (Lipinski definition) is 2. The number of aromatic amines is 1. The van der Waals surface area contributed by atoms with Crippen LogP contribution < -0.4 is 10.1 Å². The third-order valence-corrected chi connectivity index (χ3v) is 8.38. The molecule has 0 radical (unpaired) electrons. The smallest absolute Gasteiger partial charge is 0.258 e. The minimum atomic E-state index is -0.0762. The predicted molar refractivity (Wildman–Crippen MR) is 127 cm³/mol. The molecule has 2 bridgehead atoms. The van der Waals surface area contributed by atoms with Gasteiger partial charge in [-0.15, -0.1) is 10.2 Å². The number of amides is 1. The van der Waals surface area contributed by atoms with Gasteiger partial charge in [-0.25, -0.2) is 4.68 Å². The van der Waals surface area contributed by atoms with Crippen molar-refractivity contribution in [2.45, 2.75) is 96.6 Å². The first-order chi connectivity index (χ1) is 16.7. The summed E-state index contributed by atoms with van der Waals surface area (Å²) in [6, 6.07) is 0.157. The zero-order chi connectivity index (χ0) is 23.3. The number of fused-ring (bicyclic) bond motifs is 2. The summed E-state index contributed by atoms with van der Waals surface area (Å²) in [4.78, 5) is 13.4. The van der Waals surface area contributed by atoms with E-state index in [9.17, 15) is 4.79 Å². The van der Waals surface area contributed by atoms with Gasteiger partial charge in [-0.1, -0.05) is 43.7 Å². The van der Waals surface area contributed by atoms with Crippen molar-refractivity contribution < 1.29 is 9.53 Å². The average molecular weight is 470 g/mol. The van der Waals surface area contributed by atoms with Crippen LogP contribution in [-0.2, 0) is 13.0 Å². The van der Waals surface area contributed by atoms with E-state index in [1.807, 2.05) is 0 Å². The maximum atomic E-state index is 13.4. The summed E-state index contributed by atoms with van der Waals surface area (Å²) in [6.45, 7) is 3.34. The lowest BCUT2D eigenvalue weighted by Gasteiger charge is -2.41. The van der Waals surface area contributed by atoms with Gasteiger partial charge >= 0.3 is 0 Å². The van der Waals surface area contributed by atoms with Crippen molar-refractivity contribution in [1.29, 1.82) is 0 Å². The predicted octanol–water partition coefficient (Wildman–Crippen LogP) is 3.93. The van der Waals surface area contributed by atoms with Crippen LogP contribution in [0.4, 0.5) is 0 Å². The van der Waals surface area contributed by atoms with Crippen molar-refractivity contribution in [3.8, 4) is 5.88 Å². The quantitative estimate of drug-likeness (QED) is 0.576. The second-order valence-corrected chi connectivity index (χ2v) is 10.9. The van der Waals surface area contributed by atoms with Crippen LogP contribution in [0.1, 0.15) is 93.7 Å². The molecule has 3 unspecified atom stereocenters. The van der Waals surface area contributed by atoms with E-state index in [1.54, 1.807) is 10.9 Å². The third-order valence-electron chi connectivity index (χ3n) is 8.38. The van der Waals surface area contributed by atoms with Gasteiger partial charge in [0.15, 0.2) is 5.82 Å². The van der Waals surface area contributed by atoms with E-state index < -0.39 is 0 Å². The second-order valence-electron chi connectivity index (χ2n) is 10.9. The molecule has 9 heteroatoms. The van der Waals surface area contributed by atoms with Crippen LogP contribution in [0.2, 0.25) is 0 Å². The lowest BCUT2D eigenvalue weighted by atomic mass is 9.66. The summed E-state index contributed by atoms with van der Waals surface area (Å²) in [6.07, 6.45) is 16.4. The molecule has 34 heavy (non-hydrogen) atoms. The molecule has 0 aromatic carbocycles. The Kier molecular flexibility index (Phi) is 7.45. The van der Waals surface area contributed by atoms with E-state index in [4.69, 9.17) is 4.74 Å². The number of nitrogens with one attached hydrogen (secondary N) is 2. The number of rotatable bonds is 9. The topological polar surface area (TPSA) is 111 Å². The van der Waals surface area contributed by atoms with Crippen LogP contribution >= 0.6 is 0 Å². The molecule has 186 valence electrons. The minimum Gasteiger partial charge on any atom is -0.477 e. The van der Waals surface area contributed by atoms with Gasteiger partial charge in [0, 0.05) is 12.5 Å². The van der Waals surface area contributed by atoms with Crippen molar-refractivity contribution in [1.82, 2.24) is 35.7 Å². The van der Waals surface area contributed by atoms with E-state index in [1.165, 1.54) is 70.6 Å². The molecule has 3 aliphatic carbocycles. The maximum Gasteiger partial charge on any atom is 0.258 e. The zero-order valence-electron chi connectivity index (χ0n) is 20.4. The highest BCUT2D eigenvalue weighted by atomic mass is 16.5. The summed E-state index contributed by atoms with van der Waals surface area (Å²) in [5.74, 6) is 3.92. The molecule has 3 atom stereocenters. The van der Waals surface area contributed by atoms with Gasteiger partial charge in [0.25, 0.3) is 5.91 Å². The molecule has 2 heterocycles. The fraction of sp³-hybridized carbons (Fsp3) is 0.800. The Morgan fingerprint density at radius 3 is 2.68 bits per heavy atom. The van der Waals surface area contributed by atoms with Gasteiger partial charge in [0.2, 0.25) is 5.88 Å². The highest BCUT2D eigenvalue weighted by molar-refractivity contribution is 5.96. The number of ether oxygens (including phenoxy) is 1. The number of H-pyrrole nitrogens is 1. The average Bonchev–Trinajstić information content (AvgIpc) is 3.51. The number of hydrogen-bond acceptors (Lipinski definition) is 6. The van der Waals surface area contributed by atoms with Crippen LogP contribution in [0, 0.1) is 23.7 Å². The lowest BCUT2D eigenvalue weighted by Crippen LogP contribution is -2.42. The molecule has 2 aromatic rings. The molecule has 3 fully saturated rings. The van der Waals surface area contributed by atoms with Crippen molar-refractivity contribution >= 4 is 5.91 Å². The molecule has 0 saturated heterocycles. The van der Waals surface area contributed by atoms with Crippen LogP contribution in [0.3, 0.4) is 0 Å². The van der Waals surface area contributed by atoms with Crippen molar-refractivity contribution in [2.75, 3.05) is 6.61 Å². The van der Waals surface area contributed by atoms with Crippen molar-refractivity contribution in [2.24, 2.45) is 23.7 Å². The molecular formula is C25H39N7O2. The summed E-state index contributed by atoms with van der Waals surface area (Å²) in [7, 11) is 0. The largest absolute Gasteiger partial charge is 0.477 e. The van der Waals surface area contributed by atoms with Crippen molar-refractivity contribution in [3.05, 3.63) is 17.6 Å². The first-order valence-corrected chi connectivity index (χ1v) is 13.4. The van der Waals surface area contributed by atoms with Gasteiger partial charge in [0.1, 0.15) is 5.56 Å². The molecular weight excluding hydrogens is 430 g/mol. The van der Waals surface area contributed by atoms with E-state index >= 15 is 0 Å². The van der Waals surface area contributed by atoms with E-state index in [0.717, 1.165) is 11.8 Å². The standard InChI is InChI=1S/C25H39N7O2/c1-17(21-13-19-8-5-9-20(12-19)14-21)27-24(33)22-15-26-32(11-10-23-28-30-31-29-23)25(22)34-16-18-6-3-2-4-7-18/h15,17-21H,2-14,16H2,1H3,(H,27,33)(H,28,29,30,31). The van der Waals surface area contributed by atoms with E-state index in [0.29, 0.717) is 48.7 Å². The molecule has 1 amide bonds.